The third-order valence-corrected chi connectivity index (χ3v) is 3.64. The Labute approximate surface area is 123 Å². The first-order valence-corrected chi connectivity index (χ1v) is 6.83. The summed E-state index contributed by atoms with van der Waals surface area (Å²) in [6.45, 7) is 5.56. The number of ether oxygens (including phenoxy) is 1. The SMILES string of the molecule is COC(=O)C(C)Cc1c(C)nn(-c2ccccc2F)c1C. The van der Waals surface area contributed by atoms with E-state index in [-0.39, 0.29) is 17.7 Å². The molecule has 0 aliphatic heterocycles. The molecule has 0 aliphatic carbocycles. The topological polar surface area (TPSA) is 44.1 Å². The summed E-state index contributed by atoms with van der Waals surface area (Å²) in [5.74, 6) is -0.839. The number of para-hydroxylation sites is 1. The largest absolute Gasteiger partial charge is 0.469 e. The first kappa shape index (κ1) is 15.2. The smallest absolute Gasteiger partial charge is 0.308 e. The fourth-order valence-corrected chi connectivity index (χ4v) is 2.42. The number of hydrogen-bond acceptors (Lipinski definition) is 3. The number of methoxy groups -OCH3 is 1. The number of aryl methyl sites for hydroxylation is 1. The molecule has 4 nitrogen and oxygen atoms in total. The normalized spacial score (nSPS) is 12.2. The highest BCUT2D eigenvalue weighted by Gasteiger charge is 2.20. The number of rotatable bonds is 4. The van der Waals surface area contributed by atoms with Gasteiger partial charge in [-0.15, -0.1) is 0 Å². The van der Waals surface area contributed by atoms with Crippen molar-refractivity contribution in [2.24, 2.45) is 5.92 Å². The van der Waals surface area contributed by atoms with Gasteiger partial charge in [-0.1, -0.05) is 19.1 Å². The monoisotopic (exact) mass is 290 g/mol. The van der Waals surface area contributed by atoms with Crippen LogP contribution in [0.15, 0.2) is 24.3 Å². The van der Waals surface area contributed by atoms with Crippen molar-refractivity contribution in [2.75, 3.05) is 7.11 Å². The molecule has 112 valence electrons. The van der Waals surface area contributed by atoms with E-state index in [1.165, 1.54) is 13.2 Å². The lowest BCUT2D eigenvalue weighted by atomic mass is 10.00. The predicted octanol–water partition coefficient (Wildman–Crippen LogP) is 2.98. The first-order valence-electron chi connectivity index (χ1n) is 6.83. The van der Waals surface area contributed by atoms with E-state index in [2.05, 4.69) is 5.10 Å². The highest BCUT2D eigenvalue weighted by molar-refractivity contribution is 5.72. The molecule has 1 unspecified atom stereocenters. The Morgan fingerprint density at radius 2 is 2.05 bits per heavy atom. The summed E-state index contributed by atoms with van der Waals surface area (Å²) in [6, 6.07) is 6.50. The minimum Gasteiger partial charge on any atom is -0.469 e. The number of aromatic nitrogens is 2. The van der Waals surface area contributed by atoms with Crippen molar-refractivity contribution in [3.05, 3.63) is 47.0 Å². The molecule has 1 atom stereocenters. The quantitative estimate of drug-likeness (QED) is 0.813. The Morgan fingerprint density at radius 3 is 2.67 bits per heavy atom. The minimum atomic E-state index is -0.323. The Morgan fingerprint density at radius 1 is 1.38 bits per heavy atom. The van der Waals surface area contributed by atoms with Crippen LogP contribution in [0.5, 0.6) is 0 Å². The number of halogens is 1. The molecule has 1 aromatic carbocycles. The van der Waals surface area contributed by atoms with Crippen LogP contribution in [0.2, 0.25) is 0 Å². The van der Waals surface area contributed by atoms with Gasteiger partial charge in [-0.25, -0.2) is 9.07 Å². The Kier molecular flexibility index (Phi) is 4.40. The molecule has 0 spiro atoms. The number of esters is 1. The van der Waals surface area contributed by atoms with Gasteiger partial charge in [-0.2, -0.15) is 5.10 Å². The minimum absolute atomic E-state index is 0.257. The average Bonchev–Trinajstić information content (AvgIpc) is 2.74. The molecule has 0 saturated heterocycles. The van der Waals surface area contributed by atoms with Gasteiger partial charge in [0.15, 0.2) is 0 Å². The van der Waals surface area contributed by atoms with Crippen LogP contribution in [-0.4, -0.2) is 22.9 Å². The van der Waals surface area contributed by atoms with Crippen molar-refractivity contribution in [3.8, 4) is 5.69 Å². The fraction of sp³-hybridized carbons (Fsp3) is 0.375. The summed E-state index contributed by atoms with van der Waals surface area (Å²) in [7, 11) is 1.38. The Bertz CT molecular complexity index is 664. The van der Waals surface area contributed by atoms with Crippen molar-refractivity contribution in [3.63, 3.8) is 0 Å². The lowest BCUT2D eigenvalue weighted by Crippen LogP contribution is -2.16. The van der Waals surface area contributed by atoms with Crippen molar-refractivity contribution < 1.29 is 13.9 Å². The van der Waals surface area contributed by atoms with E-state index in [4.69, 9.17) is 4.74 Å². The van der Waals surface area contributed by atoms with Gasteiger partial charge in [0.2, 0.25) is 0 Å². The van der Waals surface area contributed by atoms with E-state index < -0.39 is 0 Å². The standard InChI is InChI=1S/C16H19FN2O2/c1-10(16(20)21-4)9-13-11(2)18-19(12(13)3)15-8-6-5-7-14(15)17/h5-8,10H,9H2,1-4H3. The van der Waals surface area contributed by atoms with Crippen LogP contribution in [0.4, 0.5) is 4.39 Å². The third-order valence-electron chi connectivity index (χ3n) is 3.64. The zero-order chi connectivity index (χ0) is 15.6. The molecule has 0 N–H and O–H groups in total. The van der Waals surface area contributed by atoms with E-state index in [9.17, 15) is 9.18 Å². The van der Waals surface area contributed by atoms with Gasteiger partial charge >= 0.3 is 5.97 Å². The average molecular weight is 290 g/mol. The number of nitrogens with zero attached hydrogens (tertiary/aromatic N) is 2. The van der Waals surface area contributed by atoms with Crippen molar-refractivity contribution in [1.29, 1.82) is 0 Å². The zero-order valence-electron chi connectivity index (χ0n) is 12.7. The summed E-state index contributed by atoms with van der Waals surface area (Å²) < 4.78 is 20.2. The molecule has 2 aromatic rings. The molecule has 2 rings (SSSR count). The summed E-state index contributed by atoms with van der Waals surface area (Å²) >= 11 is 0. The second kappa shape index (κ2) is 6.08. The molecule has 0 fully saturated rings. The second-order valence-electron chi connectivity index (χ2n) is 5.14. The molecule has 1 aromatic heterocycles. The van der Waals surface area contributed by atoms with E-state index in [0.29, 0.717) is 12.1 Å². The first-order chi connectivity index (χ1) is 9.95. The maximum Gasteiger partial charge on any atom is 0.308 e. The molecular formula is C16H19FN2O2. The molecule has 0 bridgehead atoms. The van der Waals surface area contributed by atoms with Gasteiger partial charge in [0.1, 0.15) is 11.5 Å². The fourth-order valence-electron chi connectivity index (χ4n) is 2.42. The molecule has 5 heteroatoms. The Hall–Kier alpha value is -2.17. The van der Waals surface area contributed by atoms with Crippen molar-refractivity contribution in [1.82, 2.24) is 9.78 Å². The maximum atomic E-state index is 13.9. The van der Waals surface area contributed by atoms with Gasteiger partial charge in [-0.3, -0.25) is 4.79 Å². The highest BCUT2D eigenvalue weighted by atomic mass is 19.1. The van der Waals surface area contributed by atoms with E-state index >= 15 is 0 Å². The van der Waals surface area contributed by atoms with Gasteiger partial charge in [0.05, 0.1) is 18.7 Å². The summed E-state index contributed by atoms with van der Waals surface area (Å²) in [5, 5.41) is 4.40. The van der Waals surface area contributed by atoms with Gasteiger partial charge < -0.3 is 4.74 Å². The van der Waals surface area contributed by atoms with Gasteiger partial charge in [0, 0.05) is 5.69 Å². The van der Waals surface area contributed by atoms with Crippen LogP contribution in [0.3, 0.4) is 0 Å². The molecule has 1 heterocycles. The Balaban J connectivity index is 2.39. The number of benzene rings is 1. The second-order valence-corrected chi connectivity index (χ2v) is 5.14. The van der Waals surface area contributed by atoms with E-state index in [0.717, 1.165) is 17.0 Å². The zero-order valence-corrected chi connectivity index (χ0v) is 12.7. The van der Waals surface area contributed by atoms with Crippen LogP contribution in [0.1, 0.15) is 23.9 Å². The third kappa shape index (κ3) is 2.96. The summed E-state index contributed by atoms with van der Waals surface area (Å²) in [5.41, 5.74) is 3.01. The van der Waals surface area contributed by atoms with Crippen LogP contribution in [0.25, 0.3) is 5.69 Å². The predicted molar refractivity (Wildman–Crippen MR) is 77.9 cm³/mol. The molecule has 0 amide bonds. The number of carbonyl (C=O) groups excluding carboxylic acids is 1. The van der Waals surface area contributed by atoms with Crippen molar-refractivity contribution >= 4 is 5.97 Å². The molecule has 0 radical (unpaired) electrons. The molecule has 0 aliphatic rings. The van der Waals surface area contributed by atoms with Gasteiger partial charge in [-0.05, 0) is 38.0 Å². The summed E-state index contributed by atoms with van der Waals surface area (Å²) in [6.07, 6.45) is 0.527. The lowest BCUT2D eigenvalue weighted by molar-refractivity contribution is -0.144. The molecular weight excluding hydrogens is 271 g/mol. The summed E-state index contributed by atoms with van der Waals surface area (Å²) in [4.78, 5) is 11.6. The highest BCUT2D eigenvalue weighted by Crippen LogP contribution is 2.22. The van der Waals surface area contributed by atoms with E-state index in [1.807, 2.05) is 20.8 Å². The molecule has 0 saturated carbocycles. The van der Waals surface area contributed by atoms with Crippen LogP contribution >= 0.6 is 0 Å². The van der Waals surface area contributed by atoms with Gasteiger partial charge in [0.25, 0.3) is 0 Å². The van der Waals surface area contributed by atoms with Crippen LogP contribution in [0, 0.1) is 25.6 Å². The van der Waals surface area contributed by atoms with E-state index in [1.54, 1.807) is 22.9 Å². The maximum absolute atomic E-state index is 13.9. The molecule has 21 heavy (non-hydrogen) atoms. The van der Waals surface area contributed by atoms with Crippen LogP contribution < -0.4 is 0 Å². The number of carbonyl (C=O) groups is 1. The van der Waals surface area contributed by atoms with Crippen molar-refractivity contribution in [2.45, 2.75) is 27.2 Å². The number of hydrogen-bond donors (Lipinski definition) is 0. The van der Waals surface area contributed by atoms with Crippen LogP contribution in [-0.2, 0) is 16.0 Å². The lowest BCUT2D eigenvalue weighted by Gasteiger charge is -2.10.